The average molecular weight is 307 g/mol. The van der Waals surface area contributed by atoms with Crippen LogP contribution < -0.4 is 15.0 Å². The van der Waals surface area contributed by atoms with Crippen molar-refractivity contribution in [2.24, 2.45) is 0 Å². The minimum absolute atomic E-state index is 0.149. The summed E-state index contributed by atoms with van der Waals surface area (Å²) in [5.41, 5.74) is 1.09. The maximum atomic E-state index is 12.1. The van der Waals surface area contributed by atoms with Crippen LogP contribution in [0.15, 0.2) is 24.3 Å². The van der Waals surface area contributed by atoms with Crippen LogP contribution in [0.5, 0.6) is 5.75 Å². The molecule has 0 unspecified atom stereocenters. The quantitative estimate of drug-likeness (QED) is 0.747. The second-order valence-corrected chi connectivity index (χ2v) is 5.21. The van der Waals surface area contributed by atoms with Crippen LogP contribution in [0.1, 0.15) is 0 Å². The van der Waals surface area contributed by atoms with Gasteiger partial charge in [-0.3, -0.25) is 4.79 Å². The van der Waals surface area contributed by atoms with Gasteiger partial charge in [-0.05, 0) is 12.1 Å². The highest BCUT2D eigenvalue weighted by molar-refractivity contribution is 5.78. The summed E-state index contributed by atoms with van der Waals surface area (Å²) >= 11 is 0. The smallest absolute Gasteiger partial charge is 0.236 e. The number of hydrogen-bond acceptors (Lipinski definition) is 5. The summed E-state index contributed by atoms with van der Waals surface area (Å²) < 4.78 is 10.4. The van der Waals surface area contributed by atoms with Gasteiger partial charge in [0.15, 0.2) is 0 Å². The second kappa shape index (κ2) is 8.60. The molecule has 1 aromatic carbocycles. The molecule has 0 aromatic heterocycles. The van der Waals surface area contributed by atoms with E-state index in [-0.39, 0.29) is 5.91 Å². The van der Waals surface area contributed by atoms with Crippen molar-refractivity contribution < 1.29 is 14.3 Å². The summed E-state index contributed by atoms with van der Waals surface area (Å²) in [6.07, 6.45) is 0. The van der Waals surface area contributed by atoms with Crippen LogP contribution in [0.25, 0.3) is 0 Å². The summed E-state index contributed by atoms with van der Waals surface area (Å²) in [4.78, 5) is 16.3. The summed E-state index contributed by atoms with van der Waals surface area (Å²) in [6.45, 7) is 4.82. The minimum Gasteiger partial charge on any atom is -0.495 e. The van der Waals surface area contributed by atoms with Gasteiger partial charge in [0, 0.05) is 39.8 Å². The first kappa shape index (κ1) is 16.6. The number of nitrogens with zero attached hydrogens (tertiary/aromatic N) is 2. The van der Waals surface area contributed by atoms with Gasteiger partial charge in [0.25, 0.3) is 0 Å². The van der Waals surface area contributed by atoms with Crippen LogP contribution in [0.4, 0.5) is 5.69 Å². The van der Waals surface area contributed by atoms with Crippen molar-refractivity contribution in [2.45, 2.75) is 0 Å². The van der Waals surface area contributed by atoms with Gasteiger partial charge in [-0.15, -0.1) is 0 Å². The van der Waals surface area contributed by atoms with E-state index in [0.717, 1.165) is 37.6 Å². The number of nitrogens with one attached hydrogen (secondary N) is 1. The van der Waals surface area contributed by atoms with Crippen molar-refractivity contribution >= 4 is 11.6 Å². The Morgan fingerprint density at radius 2 is 1.91 bits per heavy atom. The van der Waals surface area contributed by atoms with Crippen molar-refractivity contribution in [3.05, 3.63) is 24.3 Å². The van der Waals surface area contributed by atoms with Crippen LogP contribution in [0.2, 0.25) is 0 Å². The van der Waals surface area contributed by atoms with Gasteiger partial charge in [-0.2, -0.15) is 0 Å². The molecule has 22 heavy (non-hydrogen) atoms. The Morgan fingerprint density at radius 3 is 2.59 bits per heavy atom. The van der Waals surface area contributed by atoms with Gasteiger partial charge in [-0.1, -0.05) is 12.1 Å². The van der Waals surface area contributed by atoms with E-state index >= 15 is 0 Å². The molecule has 1 aliphatic rings. The number of anilines is 1. The number of methoxy groups -OCH3 is 2. The van der Waals surface area contributed by atoms with Crippen molar-refractivity contribution in [1.29, 1.82) is 0 Å². The molecule has 0 bridgehead atoms. The van der Waals surface area contributed by atoms with Crippen molar-refractivity contribution in [2.75, 3.05) is 65.0 Å². The molecule has 1 heterocycles. The van der Waals surface area contributed by atoms with E-state index in [1.165, 1.54) is 0 Å². The number of amides is 1. The molecule has 122 valence electrons. The van der Waals surface area contributed by atoms with Crippen molar-refractivity contribution in [3.63, 3.8) is 0 Å². The monoisotopic (exact) mass is 307 g/mol. The van der Waals surface area contributed by atoms with Crippen LogP contribution in [0, 0.1) is 0 Å². The molecule has 1 N–H and O–H groups in total. The lowest BCUT2D eigenvalue weighted by Crippen LogP contribution is -2.51. The number of ether oxygens (including phenoxy) is 2. The molecule has 0 saturated carbocycles. The molecule has 1 aromatic rings. The lowest BCUT2D eigenvalue weighted by molar-refractivity contribution is -0.130. The van der Waals surface area contributed by atoms with Gasteiger partial charge < -0.3 is 24.6 Å². The molecule has 6 nitrogen and oxygen atoms in total. The Morgan fingerprint density at radius 1 is 1.18 bits per heavy atom. The Hall–Kier alpha value is -1.79. The van der Waals surface area contributed by atoms with Gasteiger partial charge in [-0.25, -0.2) is 0 Å². The van der Waals surface area contributed by atoms with E-state index in [4.69, 9.17) is 9.47 Å². The lowest BCUT2D eigenvalue weighted by Gasteiger charge is -2.36. The number of benzene rings is 1. The molecule has 0 spiro atoms. The fourth-order valence-electron chi connectivity index (χ4n) is 2.57. The zero-order valence-corrected chi connectivity index (χ0v) is 13.4. The largest absolute Gasteiger partial charge is 0.495 e. The fraction of sp³-hybridized carbons (Fsp3) is 0.562. The van der Waals surface area contributed by atoms with E-state index in [9.17, 15) is 4.79 Å². The molecule has 1 aliphatic heterocycles. The Kier molecular flexibility index (Phi) is 6.48. The third kappa shape index (κ3) is 4.35. The van der Waals surface area contributed by atoms with Crippen molar-refractivity contribution in [3.8, 4) is 5.75 Å². The van der Waals surface area contributed by atoms with Gasteiger partial charge in [0.2, 0.25) is 5.91 Å². The Labute approximate surface area is 132 Å². The second-order valence-electron chi connectivity index (χ2n) is 5.21. The zero-order valence-electron chi connectivity index (χ0n) is 13.4. The molecule has 0 aliphatic carbocycles. The zero-order chi connectivity index (χ0) is 15.8. The third-order valence-electron chi connectivity index (χ3n) is 3.82. The van der Waals surface area contributed by atoms with E-state index < -0.39 is 0 Å². The van der Waals surface area contributed by atoms with E-state index in [1.807, 2.05) is 23.1 Å². The van der Waals surface area contributed by atoms with Crippen LogP contribution in [-0.4, -0.2) is 70.9 Å². The van der Waals surface area contributed by atoms with E-state index in [1.54, 1.807) is 14.2 Å². The number of rotatable bonds is 7. The average Bonchev–Trinajstić information content (AvgIpc) is 2.58. The Balaban J connectivity index is 1.81. The third-order valence-corrected chi connectivity index (χ3v) is 3.82. The lowest BCUT2D eigenvalue weighted by atomic mass is 10.2. The molecule has 1 saturated heterocycles. The van der Waals surface area contributed by atoms with Gasteiger partial charge in [0.1, 0.15) is 5.75 Å². The standard InChI is InChI=1S/C16H25N3O3/c1-21-12-7-17-13-16(20)19-10-8-18(9-11-19)14-5-3-4-6-15(14)22-2/h3-6,17H,7-13H2,1-2H3. The first-order valence-corrected chi connectivity index (χ1v) is 7.61. The van der Waals surface area contributed by atoms with Gasteiger partial charge >= 0.3 is 0 Å². The summed E-state index contributed by atoms with van der Waals surface area (Å²) in [6, 6.07) is 8.00. The maximum absolute atomic E-state index is 12.1. The maximum Gasteiger partial charge on any atom is 0.236 e. The Bertz CT molecular complexity index is 473. The molecule has 0 radical (unpaired) electrons. The molecule has 2 rings (SSSR count). The number of piperazine rings is 1. The highest BCUT2D eigenvalue weighted by Gasteiger charge is 2.22. The number of carbonyl (C=O) groups is 1. The van der Waals surface area contributed by atoms with Crippen molar-refractivity contribution in [1.82, 2.24) is 10.2 Å². The first-order chi connectivity index (χ1) is 10.8. The predicted octanol–water partition coefficient (Wildman–Crippen LogP) is 0.580. The fourth-order valence-corrected chi connectivity index (χ4v) is 2.57. The predicted molar refractivity (Wildman–Crippen MR) is 86.5 cm³/mol. The molecule has 0 atom stereocenters. The van der Waals surface area contributed by atoms with Crippen LogP contribution in [-0.2, 0) is 9.53 Å². The number of para-hydroxylation sites is 2. The van der Waals surface area contributed by atoms with Crippen LogP contribution >= 0.6 is 0 Å². The highest BCUT2D eigenvalue weighted by Crippen LogP contribution is 2.28. The molecule has 6 heteroatoms. The van der Waals surface area contributed by atoms with E-state index in [2.05, 4.69) is 16.3 Å². The number of carbonyl (C=O) groups excluding carboxylic acids is 1. The summed E-state index contributed by atoms with van der Waals surface area (Å²) in [7, 11) is 3.34. The SMILES string of the molecule is COCCNCC(=O)N1CCN(c2ccccc2OC)CC1. The highest BCUT2D eigenvalue weighted by atomic mass is 16.5. The van der Waals surface area contributed by atoms with Gasteiger partial charge in [0.05, 0.1) is 25.9 Å². The summed E-state index contributed by atoms with van der Waals surface area (Å²) in [5.74, 6) is 1.03. The number of hydrogen-bond donors (Lipinski definition) is 1. The normalized spacial score (nSPS) is 15.0. The molecule has 1 fully saturated rings. The van der Waals surface area contributed by atoms with Crippen LogP contribution in [0.3, 0.4) is 0 Å². The van der Waals surface area contributed by atoms with E-state index in [0.29, 0.717) is 19.7 Å². The summed E-state index contributed by atoms with van der Waals surface area (Å²) in [5, 5.41) is 3.09. The molecular weight excluding hydrogens is 282 g/mol. The molecule has 1 amide bonds. The molecular formula is C16H25N3O3. The topological polar surface area (TPSA) is 54.0 Å². The minimum atomic E-state index is 0.149. The first-order valence-electron chi connectivity index (χ1n) is 7.61.